The third-order valence-electron chi connectivity index (χ3n) is 2.90. The third-order valence-corrected chi connectivity index (χ3v) is 3.59. The van der Waals surface area contributed by atoms with Gasteiger partial charge >= 0.3 is 0 Å². The lowest BCUT2D eigenvalue weighted by molar-refractivity contribution is -0.116. The SMILES string of the molecule is COCCCC(=O)Nc1ccc(Br)c2ccccc12. The minimum atomic E-state index is 0.0181. The van der Waals surface area contributed by atoms with Crippen molar-refractivity contribution in [3.8, 4) is 0 Å². The maximum absolute atomic E-state index is 11.8. The Hall–Kier alpha value is -1.39. The fraction of sp³-hybridized carbons (Fsp3) is 0.267. The molecular formula is C15H16BrNO2. The summed E-state index contributed by atoms with van der Waals surface area (Å²) in [6, 6.07) is 11.9. The van der Waals surface area contributed by atoms with Crippen LogP contribution >= 0.6 is 15.9 Å². The molecule has 0 aromatic heterocycles. The normalized spacial score (nSPS) is 10.6. The van der Waals surface area contributed by atoms with E-state index >= 15 is 0 Å². The first-order valence-electron chi connectivity index (χ1n) is 6.18. The van der Waals surface area contributed by atoms with Gasteiger partial charge in [0.2, 0.25) is 5.91 Å². The molecule has 1 N–H and O–H groups in total. The minimum absolute atomic E-state index is 0.0181. The second-order valence-electron chi connectivity index (χ2n) is 4.29. The van der Waals surface area contributed by atoms with Crippen LogP contribution in [0.15, 0.2) is 40.9 Å². The van der Waals surface area contributed by atoms with Crippen molar-refractivity contribution in [1.82, 2.24) is 0 Å². The second kappa shape index (κ2) is 6.68. The first-order valence-corrected chi connectivity index (χ1v) is 6.97. The summed E-state index contributed by atoms with van der Waals surface area (Å²) in [6.45, 7) is 0.606. The molecule has 0 aliphatic carbocycles. The molecule has 0 spiro atoms. The van der Waals surface area contributed by atoms with Crippen LogP contribution in [-0.2, 0) is 9.53 Å². The summed E-state index contributed by atoms with van der Waals surface area (Å²) in [4.78, 5) is 11.8. The van der Waals surface area contributed by atoms with Crippen LogP contribution in [0, 0.1) is 0 Å². The number of carbonyl (C=O) groups excluding carboxylic acids is 1. The molecule has 0 fully saturated rings. The molecule has 100 valence electrons. The molecule has 0 heterocycles. The Kier molecular flexibility index (Phi) is 4.93. The van der Waals surface area contributed by atoms with Gasteiger partial charge in [0.05, 0.1) is 0 Å². The lowest BCUT2D eigenvalue weighted by Gasteiger charge is -2.10. The Morgan fingerprint density at radius 3 is 2.68 bits per heavy atom. The molecular weight excluding hydrogens is 306 g/mol. The summed E-state index contributed by atoms with van der Waals surface area (Å²) in [5.74, 6) is 0.0181. The van der Waals surface area contributed by atoms with Crippen molar-refractivity contribution in [2.75, 3.05) is 19.0 Å². The maximum atomic E-state index is 11.8. The van der Waals surface area contributed by atoms with E-state index in [0.717, 1.165) is 27.4 Å². The van der Waals surface area contributed by atoms with Gasteiger partial charge < -0.3 is 10.1 Å². The number of halogens is 1. The molecule has 2 aromatic carbocycles. The fourth-order valence-electron chi connectivity index (χ4n) is 1.96. The van der Waals surface area contributed by atoms with Gasteiger partial charge in [0, 0.05) is 35.7 Å². The molecule has 0 bridgehead atoms. The number of nitrogens with one attached hydrogen (secondary N) is 1. The Morgan fingerprint density at radius 2 is 1.95 bits per heavy atom. The van der Waals surface area contributed by atoms with E-state index in [4.69, 9.17) is 4.74 Å². The Balaban J connectivity index is 2.17. The maximum Gasteiger partial charge on any atom is 0.224 e. The van der Waals surface area contributed by atoms with Crippen LogP contribution in [0.4, 0.5) is 5.69 Å². The number of carbonyl (C=O) groups is 1. The zero-order chi connectivity index (χ0) is 13.7. The predicted molar refractivity (Wildman–Crippen MR) is 81.4 cm³/mol. The Bertz CT molecular complexity index is 583. The first-order chi connectivity index (χ1) is 9.22. The lowest BCUT2D eigenvalue weighted by Crippen LogP contribution is -2.12. The molecule has 0 atom stereocenters. The van der Waals surface area contributed by atoms with Crippen molar-refractivity contribution >= 4 is 38.3 Å². The number of methoxy groups -OCH3 is 1. The highest BCUT2D eigenvalue weighted by Crippen LogP contribution is 2.29. The smallest absolute Gasteiger partial charge is 0.224 e. The van der Waals surface area contributed by atoms with Crippen LogP contribution in [0.3, 0.4) is 0 Å². The van der Waals surface area contributed by atoms with Crippen molar-refractivity contribution in [2.24, 2.45) is 0 Å². The van der Waals surface area contributed by atoms with Crippen molar-refractivity contribution in [2.45, 2.75) is 12.8 Å². The molecule has 0 aliphatic heterocycles. The molecule has 0 saturated carbocycles. The first kappa shape index (κ1) is 14.0. The van der Waals surface area contributed by atoms with Crippen LogP contribution < -0.4 is 5.32 Å². The van der Waals surface area contributed by atoms with Crippen LogP contribution in [0.1, 0.15) is 12.8 Å². The molecule has 19 heavy (non-hydrogen) atoms. The number of benzene rings is 2. The molecule has 2 aromatic rings. The van der Waals surface area contributed by atoms with E-state index < -0.39 is 0 Å². The van der Waals surface area contributed by atoms with E-state index in [-0.39, 0.29) is 5.91 Å². The van der Waals surface area contributed by atoms with E-state index in [0.29, 0.717) is 13.0 Å². The van der Waals surface area contributed by atoms with E-state index in [1.165, 1.54) is 0 Å². The fourth-order valence-corrected chi connectivity index (χ4v) is 2.44. The van der Waals surface area contributed by atoms with Crippen LogP contribution in [-0.4, -0.2) is 19.6 Å². The number of hydrogen-bond donors (Lipinski definition) is 1. The summed E-state index contributed by atoms with van der Waals surface area (Å²) in [5.41, 5.74) is 0.848. The number of rotatable bonds is 5. The summed E-state index contributed by atoms with van der Waals surface area (Å²) < 4.78 is 5.97. The van der Waals surface area contributed by atoms with Crippen LogP contribution in [0.5, 0.6) is 0 Å². The van der Waals surface area contributed by atoms with Gasteiger partial charge in [-0.2, -0.15) is 0 Å². The standard InChI is InChI=1S/C15H16BrNO2/c1-19-10-4-7-15(18)17-14-9-8-13(16)11-5-2-3-6-12(11)14/h2-3,5-6,8-9H,4,7,10H2,1H3,(H,17,18). The highest BCUT2D eigenvalue weighted by molar-refractivity contribution is 9.10. The highest BCUT2D eigenvalue weighted by Gasteiger charge is 2.07. The Morgan fingerprint density at radius 1 is 1.21 bits per heavy atom. The average molecular weight is 322 g/mol. The summed E-state index contributed by atoms with van der Waals surface area (Å²) in [6.07, 6.45) is 1.20. The van der Waals surface area contributed by atoms with Gasteiger partial charge in [-0.05, 0) is 23.9 Å². The lowest BCUT2D eigenvalue weighted by atomic mass is 10.1. The summed E-state index contributed by atoms with van der Waals surface area (Å²) in [5, 5.41) is 5.09. The summed E-state index contributed by atoms with van der Waals surface area (Å²) >= 11 is 3.52. The van der Waals surface area contributed by atoms with E-state index in [2.05, 4.69) is 21.2 Å². The largest absolute Gasteiger partial charge is 0.385 e. The van der Waals surface area contributed by atoms with Crippen molar-refractivity contribution in [3.05, 3.63) is 40.9 Å². The van der Waals surface area contributed by atoms with E-state index in [1.807, 2.05) is 36.4 Å². The molecule has 1 amide bonds. The number of anilines is 1. The number of fused-ring (bicyclic) bond motifs is 1. The van der Waals surface area contributed by atoms with Gasteiger partial charge in [0.1, 0.15) is 0 Å². The van der Waals surface area contributed by atoms with Gasteiger partial charge in [-0.3, -0.25) is 4.79 Å². The molecule has 4 heteroatoms. The van der Waals surface area contributed by atoms with Crippen molar-refractivity contribution in [3.63, 3.8) is 0 Å². The topological polar surface area (TPSA) is 38.3 Å². The van der Waals surface area contributed by atoms with Gasteiger partial charge in [-0.1, -0.05) is 40.2 Å². The second-order valence-corrected chi connectivity index (χ2v) is 5.14. The summed E-state index contributed by atoms with van der Waals surface area (Å²) in [7, 11) is 1.64. The Labute approximate surface area is 121 Å². The quantitative estimate of drug-likeness (QED) is 0.846. The molecule has 0 unspecified atom stereocenters. The van der Waals surface area contributed by atoms with Crippen molar-refractivity contribution in [1.29, 1.82) is 0 Å². The monoisotopic (exact) mass is 321 g/mol. The van der Waals surface area contributed by atoms with E-state index in [9.17, 15) is 4.79 Å². The number of ether oxygens (including phenoxy) is 1. The number of hydrogen-bond acceptors (Lipinski definition) is 2. The van der Waals surface area contributed by atoms with E-state index in [1.54, 1.807) is 7.11 Å². The van der Waals surface area contributed by atoms with Gasteiger partial charge in [0.15, 0.2) is 0 Å². The van der Waals surface area contributed by atoms with Crippen LogP contribution in [0.25, 0.3) is 10.8 Å². The predicted octanol–water partition coefficient (Wildman–Crippen LogP) is 3.97. The molecule has 0 radical (unpaired) electrons. The molecule has 0 aliphatic rings. The zero-order valence-corrected chi connectivity index (χ0v) is 12.4. The van der Waals surface area contributed by atoms with Crippen molar-refractivity contribution < 1.29 is 9.53 Å². The molecule has 2 rings (SSSR count). The molecule has 3 nitrogen and oxygen atoms in total. The molecule has 0 saturated heterocycles. The van der Waals surface area contributed by atoms with Gasteiger partial charge in [0.25, 0.3) is 0 Å². The zero-order valence-electron chi connectivity index (χ0n) is 10.8. The number of amides is 1. The van der Waals surface area contributed by atoms with Gasteiger partial charge in [-0.25, -0.2) is 0 Å². The minimum Gasteiger partial charge on any atom is -0.385 e. The average Bonchev–Trinajstić information content (AvgIpc) is 2.43. The van der Waals surface area contributed by atoms with Gasteiger partial charge in [-0.15, -0.1) is 0 Å². The highest BCUT2D eigenvalue weighted by atomic mass is 79.9. The van der Waals surface area contributed by atoms with Crippen LogP contribution in [0.2, 0.25) is 0 Å². The third kappa shape index (κ3) is 3.55.